The number of hydrogen-bond acceptors (Lipinski definition) is 4. The highest BCUT2D eigenvalue weighted by Crippen LogP contribution is 2.24. The predicted octanol–water partition coefficient (Wildman–Crippen LogP) is 1.93. The van der Waals surface area contributed by atoms with Gasteiger partial charge in [0.1, 0.15) is 0 Å². The number of amides is 1. The molecule has 108 valence electrons. The zero-order chi connectivity index (χ0) is 14.5. The molecule has 0 unspecified atom stereocenters. The van der Waals surface area contributed by atoms with Crippen molar-refractivity contribution < 1.29 is 14.3 Å². The highest BCUT2D eigenvalue weighted by atomic mass is 16.5. The van der Waals surface area contributed by atoms with Gasteiger partial charge in [-0.05, 0) is 43.9 Å². The molecule has 1 aromatic carbocycles. The van der Waals surface area contributed by atoms with Gasteiger partial charge in [-0.2, -0.15) is 0 Å². The summed E-state index contributed by atoms with van der Waals surface area (Å²) in [5.41, 5.74) is 6.88. The maximum Gasteiger partial charge on any atom is 0.337 e. The Morgan fingerprint density at radius 3 is 2.60 bits per heavy atom. The number of ether oxygens (including phenoxy) is 1. The second-order valence-corrected chi connectivity index (χ2v) is 5.17. The van der Waals surface area contributed by atoms with Crippen molar-refractivity contribution in [2.24, 2.45) is 11.7 Å². The van der Waals surface area contributed by atoms with Gasteiger partial charge in [-0.25, -0.2) is 4.79 Å². The minimum Gasteiger partial charge on any atom is -0.465 e. The Kier molecular flexibility index (Phi) is 4.74. The maximum absolute atomic E-state index is 12.2. The van der Waals surface area contributed by atoms with Crippen LogP contribution < -0.4 is 11.1 Å². The topological polar surface area (TPSA) is 81.4 Å². The Morgan fingerprint density at radius 1 is 1.25 bits per heavy atom. The number of nitrogens with one attached hydrogen (secondary N) is 1. The van der Waals surface area contributed by atoms with Gasteiger partial charge in [0.25, 0.3) is 0 Å². The molecular formula is C15H20N2O3. The molecule has 1 aliphatic carbocycles. The first-order valence-electron chi connectivity index (χ1n) is 6.85. The van der Waals surface area contributed by atoms with Crippen LogP contribution in [0.5, 0.6) is 0 Å². The van der Waals surface area contributed by atoms with E-state index in [4.69, 9.17) is 5.73 Å². The molecule has 0 radical (unpaired) electrons. The first-order valence-corrected chi connectivity index (χ1v) is 6.85. The van der Waals surface area contributed by atoms with Gasteiger partial charge in [0.15, 0.2) is 0 Å². The van der Waals surface area contributed by atoms with Crippen molar-refractivity contribution in [2.75, 3.05) is 12.4 Å². The van der Waals surface area contributed by atoms with E-state index in [0.29, 0.717) is 11.3 Å². The minimum absolute atomic E-state index is 0.00100. The number of methoxy groups -OCH3 is 1. The summed E-state index contributed by atoms with van der Waals surface area (Å²) < 4.78 is 4.66. The Labute approximate surface area is 118 Å². The second-order valence-electron chi connectivity index (χ2n) is 5.17. The normalized spacial score (nSPS) is 22.1. The van der Waals surface area contributed by atoms with E-state index >= 15 is 0 Å². The first kappa shape index (κ1) is 14.5. The number of carbonyl (C=O) groups is 2. The first-order chi connectivity index (χ1) is 9.60. The average Bonchev–Trinajstić information content (AvgIpc) is 2.47. The molecule has 5 heteroatoms. The lowest BCUT2D eigenvalue weighted by atomic mass is 9.86. The molecule has 0 atom stereocenters. The lowest BCUT2D eigenvalue weighted by Gasteiger charge is -2.25. The Balaban J connectivity index is 1.99. The average molecular weight is 276 g/mol. The van der Waals surface area contributed by atoms with Crippen molar-refractivity contribution in [3.05, 3.63) is 29.8 Å². The summed E-state index contributed by atoms with van der Waals surface area (Å²) in [5.74, 6) is -0.403. The van der Waals surface area contributed by atoms with Gasteiger partial charge in [-0.15, -0.1) is 0 Å². The van der Waals surface area contributed by atoms with Gasteiger partial charge in [0.2, 0.25) is 5.91 Å². The van der Waals surface area contributed by atoms with E-state index in [0.717, 1.165) is 25.7 Å². The van der Waals surface area contributed by atoms with Crippen LogP contribution >= 0.6 is 0 Å². The SMILES string of the molecule is COC(=O)c1cccc(NC(=O)C2CCC(N)CC2)c1. The van der Waals surface area contributed by atoms with Crippen LogP contribution in [0.4, 0.5) is 5.69 Å². The third-order valence-electron chi connectivity index (χ3n) is 3.69. The zero-order valence-electron chi connectivity index (χ0n) is 11.6. The van der Waals surface area contributed by atoms with E-state index in [9.17, 15) is 9.59 Å². The van der Waals surface area contributed by atoms with Gasteiger partial charge >= 0.3 is 5.97 Å². The molecule has 0 heterocycles. The summed E-state index contributed by atoms with van der Waals surface area (Å²) >= 11 is 0. The fourth-order valence-electron chi connectivity index (χ4n) is 2.47. The van der Waals surface area contributed by atoms with Crippen molar-refractivity contribution in [3.63, 3.8) is 0 Å². The van der Waals surface area contributed by atoms with Crippen molar-refractivity contribution in [1.29, 1.82) is 0 Å². The molecular weight excluding hydrogens is 256 g/mol. The quantitative estimate of drug-likeness (QED) is 0.826. The standard InChI is InChI=1S/C15H20N2O3/c1-20-15(19)11-3-2-4-13(9-11)17-14(18)10-5-7-12(16)8-6-10/h2-4,9-10,12H,5-8,16H2,1H3,(H,17,18). The number of rotatable bonds is 3. The second kappa shape index (κ2) is 6.52. The van der Waals surface area contributed by atoms with Crippen LogP contribution in [0.1, 0.15) is 36.0 Å². The third-order valence-corrected chi connectivity index (χ3v) is 3.69. The summed E-state index contributed by atoms with van der Waals surface area (Å²) in [5, 5.41) is 2.86. The minimum atomic E-state index is -0.412. The van der Waals surface area contributed by atoms with Crippen LogP contribution in [0.15, 0.2) is 24.3 Å². The molecule has 0 aliphatic heterocycles. The number of benzene rings is 1. The molecule has 1 fully saturated rings. The number of carbonyl (C=O) groups excluding carboxylic acids is 2. The van der Waals surface area contributed by atoms with E-state index in [1.165, 1.54) is 7.11 Å². The van der Waals surface area contributed by atoms with E-state index in [2.05, 4.69) is 10.1 Å². The lowest BCUT2D eigenvalue weighted by molar-refractivity contribution is -0.120. The number of hydrogen-bond donors (Lipinski definition) is 2. The van der Waals surface area contributed by atoms with Crippen LogP contribution in [0.25, 0.3) is 0 Å². The van der Waals surface area contributed by atoms with Crippen molar-refractivity contribution >= 4 is 17.6 Å². The number of nitrogens with two attached hydrogens (primary N) is 1. The van der Waals surface area contributed by atoms with Crippen LogP contribution in [0.3, 0.4) is 0 Å². The molecule has 2 rings (SSSR count). The van der Waals surface area contributed by atoms with E-state index in [-0.39, 0.29) is 17.9 Å². The molecule has 1 aliphatic rings. The Hall–Kier alpha value is -1.88. The summed E-state index contributed by atoms with van der Waals surface area (Å²) in [6.07, 6.45) is 3.42. The van der Waals surface area contributed by atoms with Crippen LogP contribution in [-0.4, -0.2) is 25.0 Å². The van der Waals surface area contributed by atoms with Crippen LogP contribution in [-0.2, 0) is 9.53 Å². The van der Waals surface area contributed by atoms with Crippen molar-refractivity contribution in [1.82, 2.24) is 0 Å². The third kappa shape index (κ3) is 3.57. The van der Waals surface area contributed by atoms with E-state index in [1.807, 2.05) is 0 Å². The largest absolute Gasteiger partial charge is 0.465 e. The van der Waals surface area contributed by atoms with Crippen LogP contribution in [0.2, 0.25) is 0 Å². The van der Waals surface area contributed by atoms with Crippen LogP contribution in [0, 0.1) is 5.92 Å². The van der Waals surface area contributed by atoms with Gasteiger partial charge < -0.3 is 15.8 Å². The Bertz CT molecular complexity index is 494. The molecule has 1 amide bonds. The lowest BCUT2D eigenvalue weighted by Crippen LogP contribution is -2.32. The molecule has 0 aromatic heterocycles. The molecule has 0 spiro atoms. The predicted molar refractivity (Wildman–Crippen MR) is 76.3 cm³/mol. The molecule has 5 nitrogen and oxygen atoms in total. The van der Waals surface area contributed by atoms with Crippen molar-refractivity contribution in [3.8, 4) is 0 Å². The van der Waals surface area contributed by atoms with Crippen molar-refractivity contribution in [2.45, 2.75) is 31.7 Å². The number of esters is 1. The molecule has 20 heavy (non-hydrogen) atoms. The summed E-state index contributed by atoms with van der Waals surface area (Å²) in [7, 11) is 1.33. The monoisotopic (exact) mass is 276 g/mol. The molecule has 1 aromatic rings. The van der Waals surface area contributed by atoms with Gasteiger partial charge in [0, 0.05) is 17.6 Å². The highest BCUT2D eigenvalue weighted by molar-refractivity contribution is 5.95. The zero-order valence-corrected chi connectivity index (χ0v) is 11.6. The molecule has 1 saturated carbocycles. The molecule has 0 saturated heterocycles. The Morgan fingerprint density at radius 2 is 1.95 bits per heavy atom. The maximum atomic E-state index is 12.2. The summed E-state index contributed by atoms with van der Waals surface area (Å²) in [6.45, 7) is 0. The molecule has 3 N–H and O–H groups in total. The van der Waals surface area contributed by atoms with E-state index in [1.54, 1.807) is 24.3 Å². The van der Waals surface area contributed by atoms with Gasteiger partial charge in [-0.3, -0.25) is 4.79 Å². The fourth-order valence-corrected chi connectivity index (χ4v) is 2.47. The number of anilines is 1. The molecule has 0 bridgehead atoms. The summed E-state index contributed by atoms with van der Waals surface area (Å²) in [6, 6.07) is 6.98. The van der Waals surface area contributed by atoms with E-state index < -0.39 is 5.97 Å². The fraction of sp³-hybridized carbons (Fsp3) is 0.467. The smallest absolute Gasteiger partial charge is 0.337 e. The van der Waals surface area contributed by atoms with Gasteiger partial charge in [-0.1, -0.05) is 6.07 Å². The highest BCUT2D eigenvalue weighted by Gasteiger charge is 2.24. The van der Waals surface area contributed by atoms with Gasteiger partial charge in [0.05, 0.1) is 12.7 Å². The summed E-state index contributed by atoms with van der Waals surface area (Å²) in [4.78, 5) is 23.6.